The Morgan fingerprint density at radius 1 is 1.32 bits per heavy atom. The molecule has 0 saturated heterocycles. The van der Waals surface area contributed by atoms with E-state index in [1.165, 1.54) is 0 Å². The molecule has 1 aromatic heterocycles. The van der Waals surface area contributed by atoms with E-state index in [0.717, 1.165) is 0 Å². The highest BCUT2D eigenvalue weighted by atomic mass is 35.5. The second-order valence-corrected chi connectivity index (χ2v) is 5.25. The molecule has 0 aliphatic rings. The molecular formula is C15H14Cl2N4O. The maximum atomic E-state index is 12.3. The number of aryl methyl sites for hydroxylation is 1. The molecule has 2 rings (SSSR count). The van der Waals surface area contributed by atoms with Crippen LogP contribution in [0.1, 0.15) is 16.2 Å². The number of para-hydroxylation sites is 1. The van der Waals surface area contributed by atoms with Gasteiger partial charge in [-0.3, -0.25) is 4.79 Å². The number of amides is 1. The van der Waals surface area contributed by atoms with Crippen molar-refractivity contribution >= 4 is 40.7 Å². The zero-order valence-corrected chi connectivity index (χ0v) is 13.4. The Morgan fingerprint density at radius 2 is 2.00 bits per heavy atom. The van der Waals surface area contributed by atoms with Gasteiger partial charge in [0.1, 0.15) is 5.69 Å². The van der Waals surface area contributed by atoms with E-state index in [1.807, 2.05) is 0 Å². The second kappa shape index (κ2) is 7.24. The topological polar surface area (TPSA) is 66.9 Å². The summed E-state index contributed by atoms with van der Waals surface area (Å²) in [6.45, 7) is 5.88. The van der Waals surface area contributed by atoms with E-state index >= 15 is 0 Å². The van der Waals surface area contributed by atoms with E-state index in [1.54, 1.807) is 37.3 Å². The molecule has 0 bridgehead atoms. The molecule has 0 atom stereocenters. The predicted molar refractivity (Wildman–Crippen MR) is 89.9 cm³/mol. The number of carbonyl (C=O) groups excluding carboxylic acids is 1. The van der Waals surface area contributed by atoms with Crippen molar-refractivity contribution in [3.8, 4) is 0 Å². The minimum absolute atomic E-state index is 0.218. The zero-order chi connectivity index (χ0) is 16.1. The molecule has 22 heavy (non-hydrogen) atoms. The Morgan fingerprint density at radius 3 is 2.64 bits per heavy atom. The largest absolute Gasteiger partial charge is 0.351 e. The van der Waals surface area contributed by atoms with Gasteiger partial charge >= 0.3 is 0 Å². The molecule has 0 aliphatic heterocycles. The van der Waals surface area contributed by atoms with Crippen LogP contribution < -0.4 is 10.6 Å². The first-order valence-electron chi connectivity index (χ1n) is 6.47. The van der Waals surface area contributed by atoms with Gasteiger partial charge in [-0.1, -0.05) is 35.3 Å². The maximum Gasteiger partial charge on any atom is 0.274 e. The molecule has 1 amide bonds. The van der Waals surface area contributed by atoms with Crippen molar-refractivity contribution in [2.75, 3.05) is 17.2 Å². The normalized spacial score (nSPS) is 10.1. The summed E-state index contributed by atoms with van der Waals surface area (Å²) in [5, 5.41) is 6.32. The van der Waals surface area contributed by atoms with Gasteiger partial charge in [0.05, 0.1) is 15.7 Å². The van der Waals surface area contributed by atoms with E-state index in [0.29, 0.717) is 33.9 Å². The number of anilines is 2. The third kappa shape index (κ3) is 3.96. The quantitative estimate of drug-likeness (QED) is 0.811. The number of benzene rings is 1. The third-order valence-corrected chi connectivity index (χ3v) is 3.32. The van der Waals surface area contributed by atoms with Crippen LogP contribution in [-0.2, 0) is 0 Å². The van der Waals surface area contributed by atoms with Crippen LogP contribution in [0.5, 0.6) is 0 Å². The van der Waals surface area contributed by atoms with Gasteiger partial charge in [0.25, 0.3) is 5.91 Å². The number of hydrogen-bond donors (Lipinski definition) is 2. The highest BCUT2D eigenvalue weighted by Gasteiger charge is 2.14. The summed E-state index contributed by atoms with van der Waals surface area (Å²) in [6.07, 6.45) is 1.68. The van der Waals surface area contributed by atoms with Gasteiger partial charge in [0.15, 0.2) is 0 Å². The molecule has 0 saturated carbocycles. The summed E-state index contributed by atoms with van der Waals surface area (Å²) in [5.41, 5.74) is 1.24. The minimum Gasteiger partial charge on any atom is -0.351 e. The lowest BCUT2D eigenvalue weighted by Gasteiger charge is -2.10. The van der Waals surface area contributed by atoms with Crippen LogP contribution in [-0.4, -0.2) is 22.4 Å². The average Bonchev–Trinajstić information content (AvgIpc) is 2.48. The molecule has 114 valence electrons. The first-order chi connectivity index (χ1) is 10.5. The van der Waals surface area contributed by atoms with Crippen molar-refractivity contribution in [2.45, 2.75) is 6.92 Å². The first-order valence-corrected chi connectivity index (χ1v) is 7.22. The van der Waals surface area contributed by atoms with Crippen molar-refractivity contribution in [3.05, 3.63) is 58.4 Å². The monoisotopic (exact) mass is 336 g/mol. The molecule has 0 radical (unpaired) electrons. The number of nitrogens with one attached hydrogen (secondary N) is 2. The summed E-state index contributed by atoms with van der Waals surface area (Å²) in [6, 6.07) is 6.57. The van der Waals surface area contributed by atoms with Crippen LogP contribution >= 0.6 is 23.2 Å². The van der Waals surface area contributed by atoms with E-state index in [9.17, 15) is 4.79 Å². The molecule has 2 N–H and O–H groups in total. The van der Waals surface area contributed by atoms with Crippen molar-refractivity contribution in [1.82, 2.24) is 9.97 Å². The van der Waals surface area contributed by atoms with E-state index < -0.39 is 5.91 Å². The molecule has 0 unspecified atom stereocenters. The van der Waals surface area contributed by atoms with Crippen LogP contribution in [0.4, 0.5) is 11.6 Å². The number of nitrogens with zero attached hydrogens (tertiary/aromatic N) is 2. The van der Waals surface area contributed by atoms with E-state index in [2.05, 4.69) is 27.2 Å². The number of aromatic nitrogens is 2. The average molecular weight is 337 g/mol. The van der Waals surface area contributed by atoms with Gasteiger partial charge in [-0.05, 0) is 25.1 Å². The lowest BCUT2D eigenvalue weighted by molar-refractivity contribution is 0.102. The third-order valence-electron chi connectivity index (χ3n) is 2.69. The fourth-order valence-electron chi connectivity index (χ4n) is 1.72. The molecule has 1 aromatic carbocycles. The molecule has 5 nitrogen and oxygen atoms in total. The van der Waals surface area contributed by atoms with E-state index in [-0.39, 0.29) is 5.69 Å². The number of carbonyl (C=O) groups is 1. The summed E-state index contributed by atoms with van der Waals surface area (Å²) < 4.78 is 0. The molecule has 2 aromatic rings. The predicted octanol–water partition coefficient (Wildman–Crippen LogP) is 3.94. The fraction of sp³-hybridized carbons (Fsp3) is 0.133. The summed E-state index contributed by atoms with van der Waals surface area (Å²) in [7, 11) is 0. The Balaban J connectivity index is 2.26. The first kappa shape index (κ1) is 16.3. The van der Waals surface area contributed by atoms with Crippen LogP contribution in [0.2, 0.25) is 10.0 Å². The minimum atomic E-state index is -0.415. The highest BCUT2D eigenvalue weighted by Crippen LogP contribution is 2.30. The summed E-state index contributed by atoms with van der Waals surface area (Å²) >= 11 is 12.1. The SMILES string of the molecule is C=CCNc1nc(C)cc(C(=O)Nc2c(Cl)cccc2Cl)n1. The molecule has 7 heteroatoms. The summed E-state index contributed by atoms with van der Waals surface area (Å²) in [4.78, 5) is 20.7. The van der Waals surface area contributed by atoms with Gasteiger partial charge in [-0.2, -0.15) is 0 Å². The Hall–Kier alpha value is -2.11. The molecule has 1 heterocycles. The number of hydrogen-bond acceptors (Lipinski definition) is 4. The second-order valence-electron chi connectivity index (χ2n) is 4.44. The maximum absolute atomic E-state index is 12.3. The van der Waals surface area contributed by atoms with Crippen LogP contribution in [0.25, 0.3) is 0 Å². The van der Waals surface area contributed by atoms with Crippen LogP contribution in [0.15, 0.2) is 36.9 Å². The smallest absolute Gasteiger partial charge is 0.274 e. The molecular weight excluding hydrogens is 323 g/mol. The number of halogens is 2. The van der Waals surface area contributed by atoms with Gasteiger partial charge < -0.3 is 10.6 Å². The molecule has 0 spiro atoms. The fourth-order valence-corrected chi connectivity index (χ4v) is 2.21. The van der Waals surface area contributed by atoms with Gasteiger partial charge in [0, 0.05) is 12.2 Å². The molecule has 0 aliphatic carbocycles. The standard InChI is InChI=1S/C15H14Cl2N4O/c1-3-7-18-15-19-9(2)8-12(20-15)14(22)21-13-10(16)5-4-6-11(13)17/h3-6,8H,1,7H2,2H3,(H,21,22)(H,18,19,20). The van der Waals surface area contributed by atoms with Crippen molar-refractivity contribution in [3.63, 3.8) is 0 Å². The zero-order valence-electron chi connectivity index (χ0n) is 11.9. The lowest BCUT2D eigenvalue weighted by Crippen LogP contribution is -2.16. The Labute approximate surface area is 138 Å². The highest BCUT2D eigenvalue weighted by molar-refractivity contribution is 6.40. The lowest BCUT2D eigenvalue weighted by atomic mass is 10.3. The van der Waals surface area contributed by atoms with Crippen molar-refractivity contribution in [1.29, 1.82) is 0 Å². The van der Waals surface area contributed by atoms with Gasteiger partial charge in [-0.15, -0.1) is 6.58 Å². The number of rotatable bonds is 5. The van der Waals surface area contributed by atoms with Gasteiger partial charge in [-0.25, -0.2) is 9.97 Å². The van der Waals surface area contributed by atoms with Crippen LogP contribution in [0.3, 0.4) is 0 Å². The van der Waals surface area contributed by atoms with Crippen molar-refractivity contribution < 1.29 is 4.79 Å². The van der Waals surface area contributed by atoms with Gasteiger partial charge in [0.2, 0.25) is 5.95 Å². The van der Waals surface area contributed by atoms with Crippen molar-refractivity contribution in [2.24, 2.45) is 0 Å². The Kier molecular flexibility index (Phi) is 5.35. The molecule has 0 fully saturated rings. The van der Waals surface area contributed by atoms with E-state index in [4.69, 9.17) is 23.2 Å². The Bertz CT molecular complexity index is 698. The van der Waals surface area contributed by atoms with Crippen LogP contribution in [0, 0.1) is 6.92 Å². The summed E-state index contributed by atoms with van der Waals surface area (Å²) in [5.74, 6) is -0.0579.